The quantitative estimate of drug-likeness (QED) is 0.443. The molecular weight excluding hydrogens is 348 g/mol. The molecule has 0 radical (unpaired) electrons. The number of carbonyl (C=O) groups is 3. The number of nitrogens with two attached hydrogens (primary N) is 1. The van der Waals surface area contributed by atoms with Crippen LogP contribution in [0.5, 0.6) is 0 Å². The van der Waals surface area contributed by atoms with Crippen LogP contribution in [0.4, 0.5) is 5.69 Å². The molecule has 8 heteroatoms. The Morgan fingerprint density at radius 2 is 2.00 bits per heavy atom. The van der Waals surface area contributed by atoms with Gasteiger partial charge in [0.1, 0.15) is 11.6 Å². The summed E-state index contributed by atoms with van der Waals surface area (Å²) in [5, 5.41) is 12.1. The van der Waals surface area contributed by atoms with Gasteiger partial charge in [-0.3, -0.25) is 14.4 Å². The number of para-hydroxylation sites is 1. The first kappa shape index (κ1) is 20.0. The molecule has 1 aliphatic heterocycles. The Balaban J connectivity index is 2.03. The van der Waals surface area contributed by atoms with E-state index in [4.69, 9.17) is 10.5 Å². The molecule has 0 saturated carbocycles. The van der Waals surface area contributed by atoms with Gasteiger partial charge in [-0.2, -0.15) is 5.26 Å². The lowest BCUT2D eigenvalue weighted by Gasteiger charge is -2.30. The molecular formula is C19H22N4O4. The Kier molecular flexibility index (Phi) is 6.94. The summed E-state index contributed by atoms with van der Waals surface area (Å²) in [6, 6.07) is 8.42. The number of anilines is 1. The number of amides is 2. The fourth-order valence-electron chi connectivity index (χ4n) is 2.86. The molecule has 0 unspecified atom stereocenters. The number of benzene rings is 1. The van der Waals surface area contributed by atoms with Crippen molar-refractivity contribution in [3.63, 3.8) is 0 Å². The summed E-state index contributed by atoms with van der Waals surface area (Å²) < 4.78 is 5.01. The average molecular weight is 370 g/mol. The Morgan fingerprint density at radius 3 is 2.59 bits per heavy atom. The summed E-state index contributed by atoms with van der Waals surface area (Å²) in [7, 11) is 0. The van der Waals surface area contributed by atoms with E-state index < -0.39 is 11.8 Å². The molecule has 1 heterocycles. The second kappa shape index (κ2) is 9.38. The third-order valence-electron chi connectivity index (χ3n) is 4.32. The highest BCUT2D eigenvalue weighted by Gasteiger charge is 2.29. The highest BCUT2D eigenvalue weighted by Crippen LogP contribution is 2.20. The predicted molar refractivity (Wildman–Crippen MR) is 98.2 cm³/mol. The predicted octanol–water partition coefficient (Wildman–Crippen LogP) is 1.41. The molecule has 1 aromatic rings. The van der Waals surface area contributed by atoms with Crippen molar-refractivity contribution in [3.05, 3.63) is 41.6 Å². The minimum Gasteiger partial charge on any atom is -0.466 e. The molecule has 0 aromatic heterocycles. The normalized spacial score (nSPS) is 15.0. The summed E-state index contributed by atoms with van der Waals surface area (Å²) >= 11 is 0. The molecule has 1 saturated heterocycles. The van der Waals surface area contributed by atoms with E-state index in [1.54, 1.807) is 31.2 Å². The number of nitrogens with one attached hydrogen (secondary N) is 1. The van der Waals surface area contributed by atoms with Gasteiger partial charge in [0.2, 0.25) is 0 Å². The number of rotatable bonds is 6. The number of nitriles is 1. The van der Waals surface area contributed by atoms with Crippen LogP contribution in [0.3, 0.4) is 0 Å². The molecule has 27 heavy (non-hydrogen) atoms. The van der Waals surface area contributed by atoms with Crippen LogP contribution in [-0.4, -0.2) is 42.4 Å². The highest BCUT2D eigenvalue weighted by molar-refractivity contribution is 6.00. The molecule has 1 aromatic carbocycles. The smallest absolute Gasteiger partial charge is 0.309 e. The zero-order valence-electron chi connectivity index (χ0n) is 15.1. The summed E-state index contributed by atoms with van der Waals surface area (Å²) in [5.74, 6) is -1.50. The van der Waals surface area contributed by atoms with E-state index in [0.717, 1.165) is 0 Å². The molecule has 2 amide bonds. The fraction of sp³-hybridized carbons (Fsp3) is 0.368. The van der Waals surface area contributed by atoms with Gasteiger partial charge in [-0.05, 0) is 31.9 Å². The molecule has 3 N–H and O–H groups in total. The topological polar surface area (TPSA) is 126 Å². The lowest BCUT2D eigenvalue weighted by molar-refractivity contribution is -0.150. The maximum absolute atomic E-state index is 12.6. The SMILES string of the molecule is CCOC(=O)C1CCN(C(=O)/C(C#N)=C\Nc2ccccc2C(N)=O)CC1. The van der Waals surface area contributed by atoms with Gasteiger partial charge in [-0.1, -0.05) is 12.1 Å². The molecule has 0 bridgehead atoms. The van der Waals surface area contributed by atoms with Crippen molar-refractivity contribution >= 4 is 23.5 Å². The minimum atomic E-state index is -0.614. The number of piperidine rings is 1. The molecule has 1 aliphatic rings. The number of carbonyl (C=O) groups excluding carboxylic acids is 3. The Morgan fingerprint density at radius 1 is 1.33 bits per heavy atom. The van der Waals surface area contributed by atoms with E-state index in [-0.39, 0.29) is 23.0 Å². The first-order chi connectivity index (χ1) is 13.0. The van der Waals surface area contributed by atoms with E-state index in [9.17, 15) is 19.6 Å². The van der Waals surface area contributed by atoms with Crippen molar-refractivity contribution in [2.75, 3.05) is 25.0 Å². The standard InChI is InChI=1S/C19H22N4O4/c1-2-27-19(26)13-7-9-23(10-8-13)18(25)14(11-20)12-22-16-6-4-3-5-15(16)17(21)24/h3-6,12-13,22H,2,7-10H2,1H3,(H2,21,24)/b14-12-. The second-order valence-corrected chi connectivity index (χ2v) is 6.04. The Hall–Kier alpha value is -3.34. The number of esters is 1. The third-order valence-corrected chi connectivity index (χ3v) is 4.32. The van der Waals surface area contributed by atoms with Crippen LogP contribution in [0.15, 0.2) is 36.0 Å². The van der Waals surface area contributed by atoms with Gasteiger partial charge in [-0.25, -0.2) is 0 Å². The number of hydrogen-bond donors (Lipinski definition) is 2. The average Bonchev–Trinajstić information content (AvgIpc) is 2.68. The Bertz CT molecular complexity index is 789. The lowest BCUT2D eigenvalue weighted by atomic mass is 9.96. The number of nitrogens with zero attached hydrogens (tertiary/aromatic N) is 2. The van der Waals surface area contributed by atoms with E-state index in [0.29, 0.717) is 38.2 Å². The van der Waals surface area contributed by atoms with Crippen LogP contribution < -0.4 is 11.1 Å². The number of primary amides is 1. The number of likely N-dealkylation sites (tertiary alicyclic amines) is 1. The van der Waals surface area contributed by atoms with Crippen LogP contribution in [0, 0.1) is 17.2 Å². The van der Waals surface area contributed by atoms with Crippen LogP contribution in [0.2, 0.25) is 0 Å². The van der Waals surface area contributed by atoms with Crippen molar-refractivity contribution in [1.82, 2.24) is 4.90 Å². The van der Waals surface area contributed by atoms with Crippen molar-refractivity contribution < 1.29 is 19.1 Å². The van der Waals surface area contributed by atoms with E-state index in [2.05, 4.69) is 5.32 Å². The van der Waals surface area contributed by atoms with Crippen LogP contribution in [0.25, 0.3) is 0 Å². The van der Waals surface area contributed by atoms with Crippen molar-refractivity contribution in [2.24, 2.45) is 11.7 Å². The number of ether oxygens (including phenoxy) is 1. The lowest BCUT2D eigenvalue weighted by Crippen LogP contribution is -2.41. The van der Waals surface area contributed by atoms with Crippen molar-refractivity contribution in [2.45, 2.75) is 19.8 Å². The van der Waals surface area contributed by atoms with Crippen LogP contribution in [-0.2, 0) is 14.3 Å². The first-order valence-electron chi connectivity index (χ1n) is 8.69. The van der Waals surface area contributed by atoms with Gasteiger partial charge >= 0.3 is 5.97 Å². The van der Waals surface area contributed by atoms with Crippen LogP contribution in [0.1, 0.15) is 30.1 Å². The Labute approximate surface area is 157 Å². The van der Waals surface area contributed by atoms with Gasteiger partial charge in [0.05, 0.1) is 23.8 Å². The monoisotopic (exact) mass is 370 g/mol. The molecule has 2 rings (SSSR count). The van der Waals surface area contributed by atoms with Gasteiger partial charge in [0.25, 0.3) is 11.8 Å². The van der Waals surface area contributed by atoms with E-state index >= 15 is 0 Å². The van der Waals surface area contributed by atoms with Crippen molar-refractivity contribution in [1.29, 1.82) is 5.26 Å². The largest absolute Gasteiger partial charge is 0.466 e. The molecule has 1 fully saturated rings. The van der Waals surface area contributed by atoms with Crippen LogP contribution >= 0.6 is 0 Å². The highest BCUT2D eigenvalue weighted by atomic mass is 16.5. The summed E-state index contributed by atoms with van der Waals surface area (Å²) in [6.45, 7) is 2.83. The van der Waals surface area contributed by atoms with Gasteiger partial charge in [0.15, 0.2) is 0 Å². The number of hydrogen-bond acceptors (Lipinski definition) is 6. The second-order valence-electron chi connectivity index (χ2n) is 6.04. The summed E-state index contributed by atoms with van der Waals surface area (Å²) in [6.07, 6.45) is 2.27. The molecule has 0 aliphatic carbocycles. The minimum absolute atomic E-state index is 0.0936. The zero-order chi connectivity index (χ0) is 19.8. The third kappa shape index (κ3) is 5.07. The van der Waals surface area contributed by atoms with E-state index in [1.165, 1.54) is 11.1 Å². The summed E-state index contributed by atoms with van der Waals surface area (Å²) in [4.78, 5) is 37.3. The van der Waals surface area contributed by atoms with Crippen molar-refractivity contribution in [3.8, 4) is 6.07 Å². The zero-order valence-corrected chi connectivity index (χ0v) is 15.1. The maximum atomic E-state index is 12.6. The summed E-state index contributed by atoms with van der Waals surface area (Å²) in [5.41, 5.74) is 5.88. The van der Waals surface area contributed by atoms with E-state index in [1.807, 2.05) is 6.07 Å². The van der Waals surface area contributed by atoms with Gasteiger partial charge < -0.3 is 20.7 Å². The molecule has 0 spiro atoms. The van der Waals surface area contributed by atoms with Gasteiger partial charge in [-0.15, -0.1) is 0 Å². The van der Waals surface area contributed by atoms with Gasteiger partial charge in [0, 0.05) is 19.3 Å². The fourth-order valence-corrected chi connectivity index (χ4v) is 2.86. The maximum Gasteiger partial charge on any atom is 0.309 e. The first-order valence-corrected chi connectivity index (χ1v) is 8.69. The molecule has 8 nitrogen and oxygen atoms in total. The molecule has 142 valence electrons. The molecule has 0 atom stereocenters.